The van der Waals surface area contributed by atoms with Crippen LogP contribution in [0.5, 0.6) is 11.5 Å². The van der Waals surface area contributed by atoms with Crippen molar-refractivity contribution in [3.05, 3.63) is 53.1 Å². The van der Waals surface area contributed by atoms with Gasteiger partial charge in [-0.05, 0) is 54.8 Å². The van der Waals surface area contributed by atoms with Crippen molar-refractivity contribution >= 4 is 11.6 Å². The summed E-state index contributed by atoms with van der Waals surface area (Å²) in [5.74, 6) is 1.33. The van der Waals surface area contributed by atoms with Gasteiger partial charge in [0.25, 0.3) is 0 Å². The standard InChI is InChI=1S/C21H23N3O3/c1-14-18-11-20(27-3)19(26-2)10-16(18)7-8-24(14)13-21(25)23-17-6-4-5-15(9-17)12-22/h4-6,9-11,14H,7-8,13H2,1-3H3,(H,23,25)/t14-/m1/s1. The zero-order valence-electron chi connectivity index (χ0n) is 15.8. The van der Waals surface area contributed by atoms with Crippen molar-refractivity contribution in [2.75, 3.05) is 32.6 Å². The molecule has 2 aromatic rings. The molecule has 0 fully saturated rings. The summed E-state index contributed by atoms with van der Waals surface area (Å²) < 4.78 is 10.8. The lowest BCUT2D eigenvalue weighted by atomic mass is 9.93. The molecule has 1 amide bonds. The van der Waals surface area contributed by atoms with Crippen LogP contribution in [0.15, 0.2) is 36.4 Å². The molecule has 1 N–H and O–H groups in total. The van der Waals surface area contributed by atoms with E-state index in [2.05, 4.69) is 23.2 Å². The molecule has 1 atom stereocenters. The van der Waals surface area contributed by atoms with Gasteiger partial charge in [0.15, 0.2) is 11.5 Å². The van der Waals surface area contributed by atoms with E-state index in [4.69, 9.17) is 14.7 Å². The number of ether oxygens (including phenoxy) is 2. The van der Waals surface area contributed by atoms with Gasteiger partial charge in [-0.3, -0.25) is 9.69 Å². The summed E-state index contributed by atoms with van der Waals surface area (Å²) in [6, 6.07) is 13.1. The van der Waals surface area contributed by atoms with Crippen LogP contribution in [0, 0.1) is 11.3 Å². The first-order valence-corrected chi connectivity index (χ1v) is 8.84. The van der Waals surface area contributed by atoms with Gasteiger partial charge in [-0.2, -0.15) is 5.26 Å². The maximum atomic E-state index is 12.5. The van der Waals surface area contributed by atoms with Gasteiger partial charge in [0, 0.05) is 18.3 Å². The van der Waals surface area contributed by atoms with E-state index in [0.29, 0.717) is 17.0 Å². The average Bonchev–Trinajstić information content (AvgIpc) is 2.69. The fourth-order valence-corrected chi connectivity index (χ4v) is 3.46. The number of carbonyl (C=O) groups excluding carboxylic acids is 1. The number of amides is 1. The summed E-state index contributed by atoms with van der Waals surface area (Å²) >= 11 is 0. The molecule has 0 aromatic heterocycles. The van der Waals surface area contributed by atoms with Crippen LogP contribution in [-0.4, -0.2) is 38.1 Å². The minimum Gasteiger partial charge on any atom is -0.493 e. The molecule has 6 heteroatoms. The predicted molar refractivity (Wildman–Crippen MR) is 103 cm³/mol. The summed E-state index contributed by atoms with van der Waals surface area (Å²) in [4.78, 5) is 14.6. The Morgan fingerprint density at radius 3 is 2.70 bits per heavy atom. The number of anilines is 1. The van der Waals surface area contributed by atoms with Crippen LogP contribution in [0.25, 0.3) is 0 Å². The minimum absolute atomic E-state index is 0.0877. The van der Waals surface area contributed by atoms with Gasteiger partial charge in [-0.1, -0.05) is 6.07 Å². The molecule has 0 saturated heterocycles. The highest BCUT2D eigenvalue weighted by Gasteiger charge is 2.27. The van der Waals surface area contributed by atoms with E-state index in [1.165, 1.54) is 5.56 Å². The smallest absolute Gasteiger partial charge is 0.238 e. The van der Waals surface area contributed by atoms with Crippen molar-refractivity contribution in [1.82, 2.24) is 4.90 Å². The van der Waals surface area contributed by atoms with Crippen molar-refractivity contribution in [2.45, 2.75) is 19.4 Å². The van der Waals surface area contributed by atoms with Gasteiger partial charge in [-0.25, -0.2) is 0 Å². The maximum absolute atomic E-state index is 12.5. The average molecular weight is 365 g/mol. The molecular formula is C21H23N3O3. The van der Waals surface area contributed by atoms with E-state index in [1.807, 2.05) is 12.1 Å². The molecule has 0 radical (unpaired) electrons. The molecule has 0 spiro atoms. The largest absolute Gasteiger partial charge is 0.493 e. The number of benzene rings is 2. The fraction of sp³-hybridized carbons (Fsp3) is 0.333. The number of methoxy groups -OCH3 is 2. The van der Waals surface area contributed by atoms with Crippen molar-refractivity contribution in [3.63, 3.8) is 0 Å². The zero-order chi connectivity index (χ0) is 19.4. The van der Waals surface area contributed by atoms with Gasteiger partial charge in [-0.15, -0.1) is 0 Å². The van der Waals surface area contributed by atoms with Crippen molar-refractivity contribution in [3.8, 4) is 17.6 Å². The zero-order valence-corrected chi connectivity index (χ0v) is 15.8. The third kappa shape index (κ3) is 4.04. The molecule has 6 nitrogen and oxygen atoms in total. The quantitative estimate of drug-likeness (QED) is 0.881. The molecular weight excluding hydrogens is 342 g/mol. The first-order chi connectivity index (χ1) is 13.0. The number of carbonyl (C=O) groups is 1. The lowest BCUT2D eigenvalue weighted by Gasteiger charge is -2.35. The van der Waals surface area contributed by atoms with Gasteiger partial charge < -0.3 is 14.8 Å². The summed E-state index contributed by atoms with van der Waals surface area (Å²) in [6.45, 7) is 3.16. The molecule has 3 rings (SSSR count). The molecule has 0 saturated carbocycles. The van der Waals surface area contributed by atoms with E-state index in [9.17, 15) is 4.79 Å². The Morgan fingerprint density at radius 2 is 2.00 bits per heavy atom. The monoisotopic (exact) mass is 365 g/mol. The Hall–Kier alpha value is -3.04. The topological polar surface area (TPSA) is 74.6 Å². The van der Waals surface area contributed by atoms with Gasteiger partial charge in [0.1, 0.15) is 0 Å². The number of hydrogen-bond acceptors (Lipinski definition) is 5. The van der Waals surface area contributed by atoms with Crippen molar-refractivity contribution in [2.24, 2.45) is 0 Å². The molecule has 27 heavy (non-hydrogen) atoms. The third-order valence-corrected chi connectivity index (χ3v) is 4.93. The molecule has 140 valence electrons. The van der Waals surface area contributed by atoms with E-state index in [-0.39, 0.29) is 18.5 Å². The van der Waals surface area contributed by atoms with E-state index in [1.54, 1.807) is 38.5 Å². The molecule has 0 unspecified atom stereocenters. The number of nitriles is 1. The maximum Gasteiger partial charge on any atom is 0.238 e. The second kappa shape index (κ2) is 8.11. The Morgan fingerprint density at radius 1 is 1.26 bits per heavy atom. The molecule has 0 aliphatic carbocycles. The first-order valence-electron chi connectivity index (χ1n) is 8.84. The van der Waals surface area contributed by atoms with Crippen LogP contribution in [0.2, 0.25) is 0 Å². The number of nitrogens with one attached hydrogen (secondary N) is 1. The molecule has 1 aliphatic heterocycles. The fourth-order valence-electron chi connectivity index (χ4n) is 3.46. The Labute approximate surface area is 159 Å². The second-order valence-electron chi connectivity index (χ2n) is 6.54. The Kier molecular flexibility index (Phi) is 5.63. The summed E-state index contributed by atoms with van der Waals surface area (Å²) in [6.07, 6.45) is 0.844. The SMILES string of the molecule is COc1cc2c(cc1OC)[C@@H](C)N(CC(=O)Nc1cccc(C#N)c1)CC2. The van der Waals surface area contributed by atoms with E-state index in [0.717, 1.165) is 24.3 Å². The highest BCUT2D eigenvalue weighted by molar-refractivity contribution is 5.92. The molecule has 0 bridgehead atoms. The highest BCUT2D eigenvalue weighted by Crippen LogP contribution is 2.37. The number of nitrogens with zero attached hydrogens (tertiary/aromatic N) is 2. The minimum atomic E-state index is -0.0964. The van der Waals surface area contributed by atoms with E-state index >= 15 is 0 Å². The Bertz CT molecular complexity index is 889. The van der Waals surface area contributed by atoms with E-state index < -0.39 is 0 Å². The second-order valence-corrected chi connectivity index (χ2v) is 6.54. The van der Waals surface area contributed by atoms with Crippen LogP contribution >= 0.6 is 0 Å². The Balaban J connectivity index is 1.72. The number of hydrogen-bond donors (Lipinski definition) is 1. The first kappa shape index (κ1) is 18.7. The van der Waals surface area contributed by atoms with Crippen LogP contribution in [0.4, 0.5) is 5.69 Å². The highest BCUT2D eigenvalue weighted by atomic mass is 16.5. The van der Waals surface area contributed by atoms with Gasteiger partial charge in [0.05, 0.1) is 32.4 Å². The molecule has 2 aromatic carbocycles. The number of fused-ring (bicyclic) bond motifs is 1. The van der Waals surface area contributed by atoms with Crippen LogP contribution in [0.3, 0.4) is 0 Å². The van der Waals surface area contributed by atoms with Gasteiger partial charge in [0.2, 0.25) is 5.91 Å². The van der Waals surface area contributed by atoms with Crippen LogP contribution in [0.1, 0.15) is 29.7 Å². The number of rotatable bonds is 5. The van der Waals surface area contributed by atoms with Crippen LogP contribution < -0.4 is 14.8 Å². The van der Waals surface area contributed by atoms with Crippen LogP contribution in [-0.2, 0) is 11.2 Å². The normalized spacial score (nSPS) is 16.1. The molecule has 1 aliphatic rings. The predicted octanol–water partition coefficient (Wildman–Crippen LogP) is 3.13. The molecule has 1 heterocycles. The van der Waals surface area contributed by atoms with Crippen molar-refractivity contribution < 1.29 is 14.3 Å². The summed E-state index contributed by atoms with van der Waals surface area (Å²) in [7, 11) is 3.26. The lowest BCUT2D eigenvalue weighted by Crippen LogP contribution is -2.39. The van der Waals surface area contributed by atoms with Crippen molar-refractivity contribution in [1.29, 1.82) is 5.26 Å². The van der Waals surface area contributed by atoms with Gasteiger partial charge >= 0.3 is 0 Å². The third-order valence-electron chi connectivity index (χ3n) is 4.93. The summed E-state index contributed by atoms with van der Waals surface area (Å²) in [5, 5.41) is 11.8. The lowest BCUT2D eigenvalue weighted by molar-refractivity contribution is -0.117. The summed E-state index contributed by atoms with van der Waals surface area (Å²) in [5.41, 5.74) is 3.53.